The van der Waals surface area contributed by atoms with Crippen molar-refractivity contribution in [2.45, 2.75) is 4.90 Å². The van der Waals surface area contributed by atoms with E-state index >= 15 is 0 Å². The van der Waals surface area contributed by atoms with Crippen molar-refractivity contribution in [3.8, 4) is 11.3 Å². The first kappa shape index (κ1) is 25.1. The van der Waals surface area contributed by atoms with Crippen LogP contribution in [0.1, 0.15) is 10.4 Å². The molecule has 188 valence electrons. The van der Waals surface area contributed by atoms with Crippen molar-refractivity contribution in [1.29, 1.82) is 0 Å². The second-order valence-electron chi connectivity index (χ2n) is 8.22. The molecular weight excluding hydrogens is 520 g/mol. The first-order chi connectivity index (χ1) is 18.4. The molecule has 0 bridgehead atoms. The van der Waals surface area contributed by atoms with Gasteiger partial charge in [0.1, 0.15) is 0 Å². The number of thiazole rings is 1. The number of nitro groups is 1. The predicted molar refractivity (Wildman–Crippen MR) is 152 cm³/mol. The molecule has 5 rings (SSSR count). The maximum absolute atomic E-state index is 12.5. The van der Waals surface area contributed by atoms with Gasteiger partial charge in [0, 0.05) is 39.2 Å². The Morgan fingerprint density at radius 3 is 2.47 bits per heavy atom. The van der Waals surface area contributed by atoms with Gasteiger partial charge in [-0.05, 0) is 47.2 Å². The van der Waals surface area contributed by atoms with Crippen molar-refractivity contribution in [2.24, 2.45) is 0 Å². The van der Waals surface area contributed by atoms with Gasteiger partial charge < -0.3 is 10.6 Å². The van der Waals surface area contributed by atoms with Crippen LogP contribution < -0.4 is 10.6 Å². The Morgan fingerprint density at radius 2 is 1.68 bits per heavy atom. The Balaban J connectivity index is 1.16. The fourth-order valence-corrected chi connectivity index (χ4v) is 5.21. The van der Waals surface area contributed by atoms with E-state index in [-0.39, 0.29) is 23.3 Å². The smallest absolute Gasteiger partial charge is 0.269 e. The van der Waals surface area contributed by atoms with Crippen LogP contribution in [0.4, 0.5) is 16.5 Å². The number of non-ortho nitro benzene ring substituents is 1. The van der Waals surface area contributed by atoms with E-state index in [0.29, 0.717) is 16.4 Å². The summed E-state index contributed by atoms with van der Waals surface area (Å²) in [5.41, 5.74) is 2.57. The van der Waals surface area contributed by atoms with Crippen molar-refractivity contribution < 1.29 is 14.5 Å². The van der Waals surface area contributed by atoms with E-state index in [1.807, 2.05) is 29.6 Å². The van der Waals surface area contributed by atoms with E-state index in [2.05, 4.69) is 39.9 Å². The maximum Gasteiger partial charge on any atom is 0.269 e. The van der Waals surface area contributed by atoms with Crippen molar-refractivity contribution in [1.82, 2.24) is 4.98 Å². The summed E-state index contributed by atoms with van der Waals surface area (Å²) in [6.45, 7) is 0. The van der Waals surface area contributed by atoms with Gasteiger partial charge >= 0.3 is 0 Å². The summed E-state index contributed by atoms with van der Waals surface area (Å²) in [5.74, 6) is -0.398. The number of amides is 2. The Hall–Kier alpha value is -4.54. The lowest BCUT2D eigenvalue weighted by Crippen LogP contribution is -2.14. The van der Waals surface area contributed by atoms with Gasteiger partial charge in [-0.1, -0.05) is 42.5 Å². The van der Waals surface area contributed by atoms with Gasteiger partial charge in [-0.15, -0.1) is 23.1 Å². The molecule has 8 nitrogen and oxygen atoms in total. The highest BCUT2D eigenvalue weighted by Gasteiger charge is 2.12. The molecule has 5 aromatic rings. The van der Waals surface area contributed by atoms with Gasteiger partial charge in [0.05, 0.1) is 16.4 Å². The number of hydrogen-bond donors (Lipinski definition) is 2. The van der Waals surface area contributed by atoms with E-state index in [4.69, 9.17) is 0 Å². The zero-order valence-electron chi connectivity index (χ0n) is 19.8. The lowest BCUT2D eigenvalue weighted by Gasteiger charge is -2.08. The Bertz CT molecular complexity index is 1650. The standard InChI is InChI=1S/C28H20N4O4S2/c33-26(31-28-30-25(16-38-28)21-9-8-18-4-1-2-5-20(18)14-21)17-37-24-7-3-6-22(15-24)29-27(34)19-10-12-23(13-11-19)32(35)36/h1-16H,17H2,(H,29,34)(H,30,31,33). The molecule has 0 spiro atoms. The number of hydrogen-bond acceptors (Lipinski definition) is 7. The fourth-order valence-electron chi connectivity index (χ4n) is 3.72. The summed E-state index contributed by atoms with van der Waals surface area (Å²) in [4.78, 5) is 40.7. The van der Waals surface area contributed by atoms with Crippen LogP contribution in [0.25, 0.3) is 22.0 Å². The highest BCUT2D eigenvalue weighted by Crippen LogP contribution is 2.28. The molecule has 4 aromatic carbocycles. The second-order valence-corrected chi connectivity index (χ2v) is 10.1. The molecule has 38 heavy (non-hydrogen) atoms. The van der Waals surface area contributed by atoms with Crippen LogP contribution in [-0.4, -0.2) is 27.5 Å². The first-order valence-electron chi connectivity index (χ1n) is 11.5. The quantitative estimate of drug-likeness (QED) is 0.126. The molecule has 0 radical (unpaired) electrons. The minimum Gasteiger partial charge on any atom is -0.322 e. The molecule has 0 atom stereocenters. The Kier molecular flexibility index (Phi) is 7.43. The molecular formula is C28H20N4O4S2. The minimum absolute atomic E-state index is 0.0825. The number of benzene rings is 4. The summed E-state index contributed by atoms with van der Waals surface area (Å²) < 4.78 is 0. The highest BCUT2D eigenvalue weighted by atomic mass is 32.2. The largest absolute Gasteiger partial charge is 0.322 e. The van der Waals surface area contributed by atoms with Gasteiger partial charge in [-0.25, -0.2) is 4.98 Å². The van der Waals surface area contributed by atoms with Gasteiger partial charge in [0.25, 0.3) is 11.6 Å². The van der Waals surface area contributed by atoms with Crippen molar-refractivity contribution in [3.63, 3.8) is 0 Å². The van der Waals surface area contributed by atoms with Crippen LogP contribution in [0.5, 0.6) is 0 Å². The molecule has 0 fully saturated rings. The second kappa shape index (κ2) is 11.2. The van der Waals surface area contributed by atoms with Crippen molar-refractivity contribution >= 4 is 62.2 Å². The zero-order chi connectivity index (χ0) is 26.5. The molecule has 0 saturated heterocycles. The number of fused-ring (bicyclic) bond motifs is 1. The zero-order valence-corrected chi connectivity index (χ0v) is 21.4. The van der Waals surface area contributed by atoms with Crippen LogP contribution in [0.15, 0.2) is 101 Å². The Labute approximate surface area is 225 Å². The number of rotatable bonds is 8. The molecule has 1 aromatic heterocycles. The highest BCUT2D eigenvalue weighted by molar-refractivity contribution is 8.00. The van der Waals surface area contributed by atoms with E-state index in [1.54, 1.807) is 18.2 Å². The molecule has 0 saturated carbocycles. The average molecular weight is 541 g/mol. The summed E-state index contributed by atoms with van der Waals surface area (Å²) in [6.07, 6.45) is 0. The summed E-state index contributed by atoms with van der Waals surface area (Å²) in [6, 6.07) is 26.8. The van der Waals surface area contributed by atoms with Gasteiger partial charge in [-0.3, -0.25) is 19.7 Å². The van der Waals surface area contributed by atoms with E-state index in [9.17, 15) is 19.7 Å². The number of nitrogens with zero attached hydrogens (tertiary/aromatic N) is 2. The molecule has 2 amide bonds. The number of thioether (sulfide) groups is 1. The SMILES string of the molecule is O=C(CSc1cccc(NC(=O)c2ccc([N+](=O)[O-])cc2)c1)Nc1nc(-c2ccc3ccccc3c2)cs1. The number of nitrogens with one attached hydrogen (secondary N) is 2. The third-order valence-corrected chi connectivity index (χ3v) is 7.35. The molecule has 2 N–H and O–H groups in total. The van der Waals surface area contributed by atoms with E-state index < -0.39 is 4.92 Å². The normalized spacial score (nSPS) is 10.7. The van der Waals surface area contributed by atoms with Crippen molar-refractivity contribution in [3.05, 3.63) is 112 Å². The molecule has 10 heteroatoms. The molecule has 0 aliphatic carbocycles. The minimum atomic E-state index is -0.517. The molecule has 0 aliphatic heterocycles. The third kappa shape index (κ3) is 6.05. The monoisotopic (exact) mass is 540 g/mol. The number of aromatic nitrogens is 1. The Morgan fingerprint density at radius 1 is 0.895 bits per heavy atom. The van der Waals surface area contributed by atoms with Crippen LogP contribution >= 0.6 is 23.1 Å². The van der Waals surface area contributed by atoms with Gasteiger partial charge in [0.2, 0.25) is 5.91 Å². The molecule has 0 aliphatic rings. The molecule has 1 heterocycles. The number of carbonyl (C=O) groups is 2. The summed E-state index contributed by atoms with van der Waals surface area (Å²) in [5, 5.41) is 21.2. The lowest BCUT2D eigenvalue weighted by atomic mass is 10.1. The van der Waals surface area contributed by atoms with E-state index in [0.717, 1.165) is 26.9 Å². The van der Waals surface area contributed by atoms with Crippen LogP contribution in [-0.2, 0) is 4.79 Å². The van der Waals surface area contributed by atoms with Crippen LogP contribution in [0, 0.1) is 10.1 Å². The maximum atomic E-state index is 12.5. The topological polar surface area (TPSA) is 114 Å². The number of nitro benzene ring substituents is 1. The van der Waals surface area contributed by atoms with Crippen LogP contribution in [0.2, 0.25) is 0 Å². The van der Waals surface area contributed by atoms with Gasteiger partial charge in [0.15, 0.2) is 5.13 Å². The van der Waals surface area contributed by atoms with E-state index in [1.165, 1.54) is 47.4 Å². The average Bonchev–Trinajstić information content (AvgIpc) is 3.40. The first-order valence-corrected chi connectivity index (χ1v) is 13.3. The molecule has 0 unspecified atom stereocenters. The number of carbonyl (C=O) groups excluding carboxylic acids is 2. The van der Waals surface area contributed by atoms with Crippen LogP contribution in [0.3, 0.4) is 0 Å². The predicted octanol–water partition coefficient (Wildman–Crippen LogP) is 6.85. The van der Waals surface area contributed by atoms with Crippen molar-refractivity contribution in [2.75, 3.05) is 16.4 Å². The van der Waals surface area contributed by atoms with Gasteiger partial charge in [-0.2, -0.15) is 0 Å². The number of anilines is 2. The summed E-state index contributed by atoms with van der Waals surface area (Å²) >= 11 is 2.71. The third-order valence-electron chi connectivity index (χ3n) is 5.60. The summed E-state index contributed by atoms with van der Waals surface area (Å²) in [7, 11) is 0. The lowest BCUT2D eigenvalue weighted by molar-refractivity contribution is -0.384. The fraction of sp³-hybridized carbons (Fsp3) is 0.0357.